The summed E-state index contributed by atoms with van der Waals surface area (Å²) in [5.74, 6) is 1.28. The van der Waals surface area contributed by atoms with Crippen LogP contribution in [0.25, 0.3) is 0 Å². The van der Waals surface area contributed by atoms with Crippen molar-refractivity contribution in [1.29, 1.82) is 0 Å². The third-order valence-electron chi connectivity index (χ3n) is 4.17. The van der Waals surface area contributed by atoms with E-state index in [1.807, 2.05) is 18.2 Å². The first-order valence-electron chi connectivity index (χ1n) is 8.28. The number of rotatable bonds is 6. The van der Waals surface area contributed by atoms with Crippen molar-refractivity contribution >= 4 is 5.69 Å². The maximum atomic E-state index is 13.0. The maximum absolute atomic E-state index is 13.0. The van der Waals surface area contributed by atoms with E-state index >= 15 is 0 Å². The summed E-state index contributed by atoms with van der Waals surface area (Å²) in [6, 6.07) is 9.17. The summed E-state index contributed by atoms with van der Waals surface area (Å²) in [6.45, 7) is 6.97. The van der Waals surface area contributed by atoms with Crippen molar-refractivity contribution in [2.45, 2.75) is 39.3 Å². The minimum Gasteiger partial charge on any atom is -0.370 e. The summed E-state index contributed by atoms with van der Waals surface area (Å²) >= 11 is 0. The highest BCUT2D eigenvalue weighted by Crippen LogP contribution is 2.21. The fourth-order valence-electron chi connectivity index (χ4n) is 3.01. The van der Waals surface area contributed by atoms with Gasteiger partial charge in [-0.2, -0.15) is 0 Å². The van der Waals surface area contributed by atoms with E-state index in [-0.39, 0.29) is 5.82 Å². The molecule has 3 rings (SSSR count). The van der Waals surface area contributed by atoms with E-state index in [1.54, 1.807) is 0 Å². The molecule has 0 radical (unpaired) electrons. The Bertz CT molecular complexity index is 623. The fraction of sp³-hybridized carbons (Fsp3) is 0.500. The lowest BCUT2D eigenvalue weighted by molar-refractivity contribution is 0.358. The Morgan fingerprint density at radius 2 is 2.13 bits per heavy atom. The Morgan fingerprint density at radius 1 is 1.35 bits per heavy atom. The van der Waals surface area contributed by atoms with Crippen LogP contribution in [0, 0.1) is 11.7 Å². The zero-order valence-corrected chi connectivity index (χ0v) is 13.8. The molecule has 1 saturated heterocycles. The molecule has 2 aromatic rings. The molecule has 5 heteroatoms. The van der Waals surface area contributed by atoms with Gasteiger partial charge in [0, 0.05) is 30.9 Å². The molecule has 1 aliphatic rings. The first-order chi connectivity index (χ1) is 11.1. The fourth-order valence-corrected chi connectivity index (χ4v) is 3.01. The summed E-state index contributed by atoms with van der Waals surface area (Å²) < 4.78 is 18.4. The third-order valence-corrected chi connectivity index (χ3v) is 4.17. The zero-order valence-electron chi connectivity index (χ0n) is 13.8. The van der Waals surface area contributed by atoms with Gasteiger partial charge in [-0.15, -0.1) is 0 Å². The zero-order chi connectivity index (χ0) is 16.2. The summed E-state index contributed by atoms with van der Waals surface area (Å²) in [5, 5.41) is 7.64. The lowest BCUT2D eigenvalue weighted by Gasteiger charge is -2.18. The van der Waals surface area contributed by atoms with Crippen LogP contribution in [-0.4, -0.2) is 24.3 Å². The number of halogens is 1. The Hall–Kier alpha value is -1.88. The molecule has 124 valence electrons. The highest BCUT2D eigenvalue weighted by atomic mass is 19.1. The number of nitrogens with one attached hydrogen (secondary N) is 1. The molecular formula is C18H24FN3O. The van der Waals surface area contributed by atoms with Crippen molar-refractivity contribution in [3.63, 3.8) is 0 Å². The van der Waals surface area contributed by atoms with E-state index in [0.717, 1.165) is 43.1 Å². The summed E-state index contributed by atoms with van der Waals surface area (Å²) in [5.41, 5.74) is 2.10. The van der Waals surface area contributed by atoms with E-state index in [1.165, 1.54) is 12.1 Å². The molecule has 0 spiro atoms. The monoisotopic (exact) mass is 317 g/mol. The lowest BCUT2D eigenvalue weighted by atomic mass is 10.1. The second-order valence-electron chi connectivity index (χ2n) is 6.67. The molecule has 1 fully saturated rings. The molecule has 1 atom stereocenters. The van der Waals surface area contributed by atoms with Crippen molar-refractivity contribution < 1.29 is 8.91 Å². The standard InChI is InChI=1S/C18H24FN3O/c1-13(2)9-16-10-18(23-21-16)11-20-15-7-8-22(12-15)17-5-3-14(19)4-6-17/h3-6,10,13,15,20H,7-9,11-12H2,1-2H3. The first kappa shape index (κ1) is 16.0. The molecule has 0 saturated carbocycles. The van der Waals surface area contributed by atoms with Crippen molar-refractivity contribution in [1.82, 2.24) is 10.5 Å². The number of aromatic nitrogens is 1. The number of anilines is 1. The normalized spacial score (nSPS) is 18.1. The minimum absolute atomic E-state index is 0.190. The number of hydrogen-bond donors (Lipinski definition) is 1. The van der Waals surface area contributed by atoms with E-state index in [0.29, 0.717) is 18.5 Å². The van der Waals surface area contributed by atoms with Gasteiger partial charge in [0.2, 0.25) is 0 Å². The van der Waals surface area contributed by atoms with Gasteiger partial charge < -0.3 is 14.7 Å². The quantitative estimate of drug-likeness (QED) is 0.887. The van der Waals surface area contributed by atoms with Crippen LogP contribution < -0.4 is 10.2 Å². The van der Waals surface area contributed by atoms with Gasteiger partial charge in [-0.25, -0.2) is 4.39 Å². The Balaban J connectivity index is 1.48. The number of benzene rings is 1. The molecule has 23 heavy (non-hydrogen) atoms. The molecule has 1 unspecified atom stereocenters. The maximum Gasteiger partial charge on any atom is 0.150 e. The molecule has 2 heterocycles. The van der Waals surface area contributed by atoms with Crippen LogP contribution in [0.1, 0.15) is 31.7 Å². The second kappa shape index (κ2) is 7.13. The molecule has 0 aliphatic carbocycles. The molecule has 0 bridgehead atoms. The van der Waals surface area contributed by atoms with Crippen molar-refractivity contribution in [3.05, 3.63) is 47.6 Å². The second-order valence-corrected chi connectivity index (χ2v) is 6.67. The van der Waals surface area contributed by atoms with Crippen LogP contribution in [0.5, 0.6) is 0 Å². The SMILES string of the molecule is CC(C)Cc1cc(CNC2CCN(c3ccc(F)cc3)C2)on1. The van der Waals surface area contributed by atoms with Crippen LogP contribution in [0.2, 0.25) is 0 Å². The number of nitrogens with zero attached hydrogens (tertiary/aromatic N) is 2. The summed E-state index contributed by atoms with van der Waals surface area (Å²) in [7, 11) is 0. The Kier molecular flexibility index (Phi) is 4.96. The average molecular weight is 317 g/mol. The van der Waals surface area contributed by atoms with E-state index in [2.05, 4.69) is 29.2 Å². The molecule has 4 nitrogen and oxygen atoms in total. The van der Waals surface area contributed by atoms with Crippen molar-refractivity contribution in [2.75, 3.05) is 18.0 Å². The van der Waals surface area contributed by atoms with Crippen LogP contribution in [0.3, 0.4) is 0 Å². The van der Waals surface area contributed by atoms with Gasteiger partial charge in [0.1, 0.15) is 5.82 Å². The predicted molar refractivity (Wildman–Crippen MR) is 88.9 cm³/mol. The van der Waals surface area contributed by atoms with Crippen molar-refractivity contribution in [2.24, 2.45) is 5.92 Å². The molecule has 1 aromatic carbocycles. The van der Waals surface area contributed by atoms with Crippen LogP contribution in [-0.2, 0) is 13.0 Å². The molecule has 1 aromatic heterocycles. The number of hydrogen-bond acceptors (Lipinski definition) is 4. The van der Waals surface area contributed by atoms with E-state index in [9.17, 15) is 4.39 Å². The predicted octanol–water partition coefficient (Wildman–Crippen LogP) is 3.38. The topological polar surface area (TPSA) is 41.3 Å². The van der Waals surface area contributed by atoms with Crippen molar-refractivity contribution in [3.8, 4) is 0 Å². The van der Waals surface area contributed by atoms with Gasteiger partial charge in [-0.3, -0.25) is 0 Å². The van der Waals surface area contributed by atoms with Gasteiger partial charge in [-0.05, 0) is 43.0 Å². The Morgan fingerprint density at radius 3 is 2.87 bits per heavy atom. The largest absolute Gasteiger partial charge is 0.370 e. The van der Waals surface area contributed by atoms with Crippen LogP contribution in [0.15, 0.2) is 34.9 Å². The lowest BCUT2D eigenvalue weighted by Crippen LogP contribution is -2.32. The first-order valence-corrected chi connectivity index (χ1v) is 8.28. The van der Waals surface area contributed by atoms with Crippen LogP contribution in [0.4, 0.5) is 10.1 Å². The molecule has 0 amide bonds. The minimum atomic E-state index is -0.190. The van der Waals surface area contributed by atoms with Gasteiger partial charge in [0.05, 0.1) is 12.2 Å². The van der Waals surface area contributed by atoms with Gasteiger partial charge in [-0.1, -0.05) is 19.0 Å². The third kappa shape index (κ3) is 4.32. The van der Waals surface area contributed by atoms with Gasteiger partial charge in [0.15, 0.2) is 5.76 Å². The summed E-state index contributed by atoms with van der Waals surface area (Å²) in [4.78, 5) is 2.28. The highest BCUT2D eigenvalue weighted by molar-refractivity contribution is 5.47. The van der Waals surface area contributed by atoms with E-state index < -0.39 is 0 Å². The Labute approximate surface area is 136 Å². The molecule has 1 N–H and O–H groups in total. The van der Waals surface area contributed by atoms with Gasteiger partial charge >= 0.3 is 0 Å². The molecule has 1 aliphatic heterocycles. The summed E-state index contributed by atoms with van der Waals surface area (Å²) in [6.07, 6.45) is 2.02. The average Bonchev–Trinajstić information content (AvgIpc) is 3.14. The van der Waals surface area contributed by atoms with Crippen LogP contribution >= 0.6 is 0 Å². The molecular weight excluding hydrogens is 293 g/mol. The van der Waals surface area contributed by atoms with Gasteiger partial charge in [0.25, 0.3) is 0 Å². The smallest absolute Gasteiger partial charge is 0.150 e. The van der Waals surface area contributed by atoms with E-state index in [4.69, 9.17) is 4.52 Å². The highest BCUT2D eigenvalue weighted by Gasteiger charge is 2.22.